The van der Waals surface area contributed by atoms with Crippen molar-refractivity contribution in [3.63, 3.8) is 0 Å². The number of benzene rings is 2. The first-order chi connectivity index (χ1) is 9.75. The van der Waals surface area contributed by atoms with Gasteiger partial charge in [-0.2, -0.15) is 0 Å². The third-order valence-corrected chi connectivity index (χ3v) is 4.33. The van der Waals surface area contributed by atoms with Crippen molar-refractivity contribution in [3.8, 4) is 0 Å². The Hall–Kier alpha value is -1.67. The van der Waals surface area contributed by atoms with E-state index >= 15 is 0 Å². The molecule has 0 aromatic heterocycles. The Bertz CT molecular complexity index is 579. The Morgan fingerprint density at radius 1 is 1.00 bits per heavy atom. The van der Waals surface area contributed by atoms with Crippen LogP contribution in [0.1, 0.15) is 34.9 Å². The fourth-order valence-corrected chi connectivity index (χ4v) is 3.15. The number of hydrogen-bond donors (Lipinski definition) is 1. The molecule has 1 saturated heterocycles. The van der Waals surface area contributed by atoms with E-state index in [2.05, 4.69) is 35.6 Å². The molecule has 1 fully saturated rings. The van der Waals surface area contributed by atoms with Crippen LogP contribution in [0.2, 0.25) is 0 Å². The second-order valence-electron chi connectivity index (χ2n) is 5.63. The van der Waals surface area contributed by atoms with Crippen LogP contribution < -0.4 is 5.32 Å². The SMILES string of the molecule is Cc1ccc(C2CCNCC2c2ccccc2)cc1F. The zero-order valence-electron chi connectivity index (χ0n) is 11.8. The number of piperidine rings is 1. The number of hydrogen-bond acceptors (Lipinski definition) is 1. The van der Waals surface area contributed by atoms with E-state index in [1.807, 2.05) is 19.1 Å². The minimum absolute atomic E-state index is 0.0900. The monoisotopic (exact) mass is 269 g/mol. The lowest BCUT2D eigenvalue weighted by Gasteiger charge is -2.33. The molecule has 1 aliphatic heterocycles. The zero-order valence-corrected chi connectivity index (χ0v) is 11.8. The molecular formula is C18H20FN. The highest BCUT2D eigenvalue weighted by molar-refractivity contribution is 5.32. The van der Waals surface area contributed by atoms with Gasteiger partial charge in [-0.05, 0) is 48.6 Å². The van der Waals surface area contributed by atoms with E-state index in [1.54, 1.807) is 6.07 Å². The minimum atomic E-state index is -0.0900. The molecule has 104 valence electrons. The van der Waals surface area contributed by atoms with Crippen molar-refractivity contribution in [2.75, 3.05) is 13.1 Å². The average molecular weight is 269 g/mol. The normalized spacial score (nSPS) is 22.7. The highest BCUT2D eigenvalue weighted by Gasteiger charge is 2.27. The lowest BCUT2D eigenvalue weighted by atomic mass is 9.77. The number of aryl methyl sites for hydroxylation is 1. The maximum atomic E-state index is 13.8. The zero-order chi connectivity index (χ0) is 13.9. The third kappa shape index (κ3) is 2.61. The Morgan fingerprint density at radius 2 is 1.80 bits per heavy atom. The molecule has 2 aromatic rings. The Labute approximate surface area is 119 Å². The maximum Gasteiger partial charge on any atom is 0.126 e. The van der Waals surface area contributed by atoms with E-state index < -0.39 is 0 Å². The topological polar surface area (TPSA) is 12.0 Å². The Balaban J connectivity index is 1.94. The first-order valence-electron chi connectivity index (χ1n) is 7.27. The van der Waals surface area contributed by atoms with Gasteiger partial charge in [-0.15, -0.1) is 0 Å². The van der Waals surface area contributed by atoms with Gasteiger partial charge < -0.3 is 5.32 Å². The van der Waals surface area contributed by atoms with Gasteiger partial charge in [0.15, 0.2) is 0 Å². The smallest absolute Gasteiger partial charge is 0.126 e. The second kappa shape index (κ2) is 5.76. The number of nitrogens with one attached hydrogen (secondary N) is 1. The molecular weight excluding hydrogens is 249 g/mol. The van der Waals surface area contributed by atoms with E-state index in [9.17, 15) is 4.39 Å². The van der Waals surface area contributed by atoms with Crippen molar-refractivity contribution >= 4 is 0 Å². The second-order valence-corrected chi connectivity index (χ2v) is 5.63. The summed E-state index contributed by atoms with van der Waals surface area (Å²) in [5, 5.41) is 3.47. The van der Waals surface area contributed by atoms with Crippen LogP contribution in [0.3, 0.4) is 0 Å². The van der Waals surface area contributed by atoms with Crippen LogP contribution in [0.25, 0.3) is 0 Å². The van der Waals surface area contributed by atoms with E-state index in [1.165, 1.54) is 5.56 Å². The molecule has 1 nitrogen and oxygen atoms in total. The summed E-state index contributed by atoms with van der Waals surface area (Å²) in [6, 6.07) is 16.3. The summed E-state index contributed by atoms with van der Waals surface area (Å²) in [4.78, 5) is 0. The van der Waals surface area contributed by atoms with Gasteiger partial charge >= 0.3 is 0 Å². The molecule has 2 heteroatoms. The molecule has 0 spiro atoms. The number of halogens is 1. The van der Waals surface area contributed by atoms with E-state index in [0.717, 1.165) is 30.6 Å². The van der Waals surface area contributed by atoms with Crippen molar-refractivity contribution in [2.24, 2.45) is 0 Å². The fourth-order valence-electron chi connectivity index (χ4n) is 3.15. The van der Waals surface area contributed by atoms with Gasteiger partial charge in [-0.25, -0.2) is 4.39 Å². The predicted octanol–water partition coefficient (Wildman–Crippen LogP) is 3.99. The van der Waals surface area contributed by atoms with Crippen molar-refractivity contribution in [1.82, 2.24) is 5.32 Å². The molecule has 1 heterocycles. The summed E-state index contributed by atoms with van der Waals surface area (Å²) in [5.74, 6) is 0.730. The van der Waals surface area contributed by atoms with Crippen LogP contribution in [0.4, 0.5) is 4.39 Å². The van der Waals surface area contributed by atoms with Crippen molar-refractivity contribution in [3.05, 3.63) is 71.0 Å². The van der Waals surface area contributed by atoms with Gasteiger partial charge in [-0.1, -0.05) is 42.5 Å². The maximum absolute atomic E-state index is 13.8. The quantitative estimate of drug-likeness (QED) is 0.869. The van der Waals surface area contributed by atoms with Crippen molar-refractivity contribution < 1.29 is 4.39 Å². The van der Waals surface area contributed by atoms with Crippen LogP contribution in [0.5, 0.6) is 0 Å². The van der Waals surface area contributed by atoms with Gasteiger partial charge in [0.25, 0.3) is 0 Å². The first-order valence-corrected chi connectivity index (χ1v) is 7.27. The van der Waals surface area contributed by atoms with E-state index in [0.29, 0.717) is 11.8 Å². The lowest BCUT2D eigenvalue weighted by Crippen LogP contribution is -2.34. The molecule has 1 aliphatic rings. The molecule has 3 rings (SSSR count). The van der Waals surface area contributed by atoms with E-state index in [4.69, 9.17) is 0 Å². The summed E-state index contributed by atoms with van der Waals surface area (Å²) in [6.07, 6.45) is 1.06. The van der Waals surface area contributed by atoms with Crippen molar-refractivity contribution in [1.29, 1.82) is 0 Å². The standard InChI is InChI=1S/C18H20FN/c1-13-7-8-15(11-18(13)19)16-9-10-20-12-17(16)14-5-3-2-4-6-14/h2-8,11,16-17,20H,9-10,12H2,1H3. The van der Waals surface area contributed by atoms with Gasteiger partial charge in [0.05, 0.1) is 0 Å². The lowest BCUT2D eigenvalue weighted by molar-refractivity contribution is 0.403. The fraction of sp³-hybridized carbons (Fsp3) is 0.333. The molecule has 0 saturated carbocycles. The Morgan fingerprint density at radius 3 is 2.55 bits per heavy atom. The van der Waals surface area contributed by atoms with Crippen LogP contribution in [-0.2, 0) is 0 Å². The minimum Gasteiger partial charge on any atom is -0.316 e. The molecule has 1 N–H and O–H groups in total. The van der Waals surface area contributed by atoms with Crippen LogP contribution >= 0.6 is 0 Å². The average Bonchev–Trinajstić information content (AvgIpc) is 2.51. The van der Waals surface area contributed by atoms with E-state index in [-0.39, 0.29) is 5.82 Å². The van der Waals surface area contributed by atoms with Crippen LogP contribution in [0.15, 0.2) is 48.5 Å². The molecule has 20 heavy (non-hydrogen) atoms. The largest absolute Gasteiger partial charge is 0.316 e. The molecule has 2 unspecified atom stereocenters. The van der Waals surface area contributed by atoms with Crippen LogP contribution in [-0.4, -0.2) is 13.1 Å². The summed E-state index contributed by atoms with van der Waals surface area (Å²) in [7, 11) is 0. The molecule has 0 bridgehead atoms. The highest BCUT2D eigenvalue weighted by atomic mass is 19.1. The first kappa shape index (κ1) is 13.3. The molecule has 2 aromatic carbocycles. The van der Waals surface area contributed by atoms with Crippen molar-refractivity contribution in [2.45, 2.75) is 25.2 Å². The van der Waals surface area contributed by atoms with Gasteiger partial charge in [0, 0.05) is 12.5 Å². The highest BCUT2D eigenvalue weighted by Crippen LogP contribution is 2.37. The molecule has 0 radical (unpaired) electrons. The molecule has 0 amide bonds. The summed E-state index contributed by atoms with van der Waals surface area (Å²) in [5.41, 5.74) is 3.19. The number of rotatable bonds is 2. The van der Waals surface area contributed by atoms with Crippen LogP contribution in [0, 0.1) is 12.7 Å². The van der Waals surface area contributed by atoms with Gasteiger partial charge in [-0.3, -0.25) is 0 Å². The Kier molecular flexibility index (Phi) is 3.83. The summed E-state index contributed by atoms with van der Waals surface area (Å²) in [6.45, 7) is 3.78. The molecule has 2 atom stereocenters. The molecule has 0 aliphatic carbocycles. The van der Waals surface area contributed by atoms with Gasteiger partial charge in [0.1, 0.15) is 5.82 Å². The summed E-state index contributed by atoms with van der Waals surface area (Å²) < 4.78 is 13.8. The third-order valence-electron chi connectivity index (χ3n) is 4.33. The van der Waals surface area contributed by atoms with Gasteiger partial charge in [0.2, 0.25) is 0 Å². The predicted molar refractivity (Wildman–Crippen MR) is 80.5 cm³/mol. The summed E-state index contributed by atoms with van der Waals surface area (Å²) >= 11 is 0.